The number of ether oxygens (including phenoxy) is 1. The second kappa shape index (κ2) is 8.87. The van der Waals surface area contributed by atoms with Crippen LogP contribution >= 0.6 is 0 Å². The Balaban J connectivity index is 2.12. The van der Waals surface area contributed by atoms with Crippen LogP contribution in [-0.4, -0.2) is 29.0 Å². The molecule has 5 nitrogen and oxygen atoms in total. The highest BCUT2D eigenvalue weighted by Crippen LogP contribution is 2.15. The Bertz CT molecular complexity index is 687. The van der Waals surface area contributed by atoms with Gasteiger partial charge < -0.3 is 10.5 Å². The monoisotopic (exact) mass is 340 g/mol. The van der Waals surface area contributed by atoms with E-state index in [-0.39, 0.29) is 12.6 Å². The molecule has 0 saturated heterocycles. The molecule has 2 amide bonds. The lowest BCUT2D eigenvalue weighted by molar-refractivity contribution is -0.123. The number of carbonyl (C=O) groups excluding carboxylic acids is 2. The molecule has 25 heavy (non-hydrogen) atoms. The lowest BCUT2D eigenvalue weighted by atomic mass is 10.0. The molecule has 0 aromatic heterocycles. The number of amides is 2. The number of hydrogen-bond acceptors (Lipinski definition) is 3. The van der Waals surface area contributed by atoms with Gasteiger partial charge in [-0.15, -0.1) is 0 Å². The van der Waals surface area contributed by atoms with E-state index < -0.39 is 18.0 Å². The van der Waals surface area contributed by atoms with Crippen molar-refractivity contribution in [1.82, 2.24) is 4.90 Å². The van der Waals surface area contributed by atoms with Crippen molar-refractivity contribution in [3.05, 3.63) is 71.8 Å². The molecule has 0 radical (unpaired) electrons. The summed E-state index contributed by atoms with van der Waals surface area (Å²) in [5.74, 6) is -0.547. The summed E-state index contributed by atoms with van der Waals surface area (Å²) < 4.78 is 5.40. The van der Waals surface area contributed by atoms with E-state index in [9.17, 15) is 9.59 Å². The molecule has 0 aliphatic rings. The number of nitrogens with two attached hydrogens (primary N) is 1. The number of hydrogen-bond donors (Lipinski definition) is 1. The van der Waals surface area contributed by atoms with E-state index in [0.717, 1.165) is 11.1 Å². The molecule has 0 aliphatic heterocycles. The summed E-state index contributed by atoms with van der Waals surface area (Å²) in [6.07, 6.45) is -0.187. The maximum Gasteiger partial charge on any atom is 0.411 e. The highest BCUT2D eigenvalue weighted by molar-refractivity contribution is 5.84. The van der Waals surface area contributed by atoms with Crippen molar-refractivity contribution in [2.45, 2.75) is 39.0 Å². The zero-order valence-corrected chi connectivity index (χ0v) is 14.6. The Morgan fingerprint density at radius 1 is 0.960 bits per heavy atom. The molecule has 2 rings (SSSR count). The molecule has 0 bridgehead atoms. The van der Waals surface area contributed by atoms with Gasteiger partial charge in [-0.3, -0.25) is 9.69 Å². The SMILES string of the molecule is CC(C)N(C(=O)OCc1ccccc1)[C@@H](Cc1ccccc1)C(N)=O. The van der Waals surface area contributed by atoms with Crippen molar-refractivity contribution in [3.63, 3.8) is 0 Å². The van der Waals surface area contributed by atoms with Crippen LogP contribution < -0.4 is 5.73 Å². The van der Waals surface area contributed by atoms with E-state index in [2.05, 4.69) is 0 Å². The van der Waals surface area contributed by atoms with Crippen LogP contribution in [0.25, 0.3) is 0 Å². The maximum atomic E-state index is 12.6. The van der Waals surface area contributed by atoms with Crippen LogP contribution in [0.2, 0.25) is 0 Å². The van der Waals surface area contributed by atoms with Crippen molar-refractivity contribution in [3.8, 4) is 0 Å². The van der Waals surface area contributed by atoms with Gasteiger partial charge in [-0.2, -0.15) is 0 Å². The smallest absolute Gasteiger partial charge is 0.411 e. The van der Waals surface area contributed by atoms with Gasteiger partial charge in [-0.1, -0.05) is 60.7 Å². The number of nitrogens with zero attached hydrogens (tertiary/aromatic N) is 1. The summed E-state index contributed by atoms with van der Waals surface area (Å²) in [6.45, 7) is 3.83. The number of carbonyl (C=O) groups is 2. The summed E-state index contributed by atoms with van der Waals surface area (Å²) in [5.41, 5.74) is 7.40. The fraction of sp³-hybridized carbons (Fsp3) is 0.300. The first-order chi connectivity index (χ1) is 12.0. The third-order valence-electron chi connectivity index (χ3n) is 3.91. The van der Waals surface area contributed by atoms with Gasteiger partial charge >= 0.3 is 6.09 Å². The molecule has 0 saturated carbocycles. The average molecular weight is 340 g/mol. The first-order valence-corrected chi connectivity index (χ1v) is 8.31. The second-order valence-corrected chi connectivity index (χ2v) is 6.15. The maximum absolute atomic E-state index is 12.6. The largest absolute Gasteiger partial charge is 0.445 e. The normalized spacial score (nSPS) is 11.8. The molecule has 2 N–H and O–H groups in total. The van der Waals surface area contributed by atoms with Gasteiger partial charge in [0.05, 0.1) is 0 Å². The van der Waals surface area contributed by atoms with Crippen molar-refractivity contribution < 1.29 is 14.3 Å². The summed E-state index contributed by atoms with van der Waals surface area (Å²) in [6, 6.07) is 17.9. The summed E-state index contributed by atoms with van der Waals surface area (Å²) >= 11 is 0. The fourth-order valence-corrected chi connectivity index (χ4v) is 2.67. The molecular formula is C20H24N2O3. The van der Waals surface area contributed by atoms with Crippen LogP contribution in [-0.2, 0) is 22.6 Å². The van der Waals surface area contributed by atoms with Gasteiger partial charge in [0.25, 0.3) is 0 Å². The predicted octanol–water partition coefficient (Wildman–Crippen LogP) is 3.13. The third-order valence-corrected chi connectivity index (χ3v) is 3.91. The molecule has 0 spiro atoms. The molecule has 0 aliphatic carbocycles. The summed E-state index contributed by atoms with van der Waals surface area (Å²) in [5, 5.41) is 0. The molecule has 2 aromatic carbocycles. The summed E-state index contributed by atoms with van der Waals surface area (Å²) in [7, 11) is 0. The zero-order valence-electron chi connectivity index (χ0n) is 14.6. The van der Waals surface area contributed by atoms with E-state index in [1.54, 1.807) is 0 Å². The minimum atomic E-state index is -0.759. The van der Waals surface area contributed by atoms with Gasteiger partial charge in [0, 0.05) is 12.5 Å². The van der Waals surface area contributed by atoms with E-state index in [1.807, 2.05) is 74.5 Å². The first kappa shape index (κ1) is 18.5. The Labute approximate surface area is 148 Å². The number of rotatable bonds is 7. The van der Waals surface area contributed by atoms with Gasteiger partial charge in [-0.25, -0.2) is 4.79 Å². The van der Waals surface area contributed by atoms with E-state index in [4.69, 9.17) is 10.5 Å². The van der Waals surface area contributed by atoms with E-state index >= 15 is 0 Å². The lowest BCUT2D eigenvalue weighted by Gasteiger charge is -2.32. The van der Waals surface area contributed by atoms with Crippen LogP contribution in [0.1, 0.15) is 25.0 Å². The van der Waals surface area contributed by atoms with Crippen LogP contribution in [0, 0.1) is 0 Å². The van der Waals surface area contributed by atoms with E-state index in [1.165, 1.54) is 4.90 Å². The Kier molecular flexibility index (Phi) is 6.57. The first-order valence-electron chi connectivity index (χ1n) is 8.31. The average Bonchev–Trinajstić information content (AvgIpc) is 2.61. The molecule has 0 heterocycles. The lowest BCUT2D eigenvalue weighted by Crippen LogP contribution is -2.52. The zero-order chi connectivity index (χ0) is 18.2. The Morgan fingerprint density at radius 2 is 1.48 bits per heavy atom. The highest BCUT2D eigenvalue weighted by atomic mass is 16.6. The molecule has 1 atom stereocenters. The quantitative estimate of drug-likeness (QED) is 0.841. The van der Waals surface area contributed by atoms with Crippen molar-refractivity contribution in [2.75, 3.05) is 0 Å². The topological polar surface area (TPSA) is 72.6 Å². The highest BCUT2D eigenvalue weighted by Gasteiger charge is 2.31. The molecule has 0 unspecified atom stereocenters. The van der Waals surface area contributed by atoms with Crippen LogP contribution in [0.4, 0.5) is 4.79 Å². The molecular weight excluding hydrogens is 316 g/mol. The van der Waals surface area contributed by atoms with Gasteiger partial charge in [0.2, 0.25) is 5.91 Å². The summed E-state index contributed by atoms with van der Waals surface area (Å²) in [4.78, 5) is 26.0. The fourth-order valence-electron chi connectivity index (χ4n) is 2.67. The van der Waals surface area contributed by atoms with Crippen LogP contribution in [0.5, 0.6) is 0 Å². The van der Waals surface area contributed by atoms with Crippen molar-refractivity contribution >= 4 is 12.0 Å². The van der Waals surface area contributed by atoms with Crippen LogP contribution in [0.3, 0.4) is 0 Å². The Hall–Kier alpha value is -2.82. The van der Waals surface area contributed by atoms with Crippen LogP contribution in [0.15, 0.2) is 60.7 Å². The number of benzene rings is 2. The minimum Gasteiger partial charge on any atom is -0.445 e. The number of primary amides is 1. The molecule has 0 fully saturated rings. The Morgan fingerprint density at radius 3 is 1.96 bits per heavy atom. The third kappa shape index (κ3) is 5.35. The van der Waals surface area contributed by atoms with Gasteiger partial charge in [-0.05, 0) is 25.0 Å². The van der Waals surface area contributed by atoms with Gasteiger partial charge in [0.15, 0.2) is 0 Å². The second-order valence-electron chi connectivity index (χ2n) is 6.15. The van der Waals surface area contributed by atoms with Crippen molar-refractivity contribution in [1.29, 1.82) is 0 Å². The van der Waals surface area contributed by atoms with Crippen molar-refractivity contribution in [2.24, 2.45) is 5.73 Å². The minimum absolute atomic E-state index is 0.152. The van der Waals surface area contributed by atoms with E-state index in [0.29, 0.717) is 6.42 Å². The molecule has 132 valence electrons. The predicted molar refractivity (Wildman–Crippen MR) is 96.7 cm³/mol. The molecule has 5 heteroatoms. The van der Waals surface area contributed by atoms with Gasteiger partial charge in [0.1, 0.15) is 12.6 Å². The molecule has 2 aromatic rings. The standard InChI is InChI=1S/C20H24N2O3/c1-15(2)22(20(24)25-14-17-11-7-4-8-12-17)18(19(21)23)13-16-9-5-3-6-10-16/h3-12,15,18H,13-14H2,1-2H3,(H2,21,23)/t18-/m0/s1.